The number of nitrogens with zero attached hydrogens (tertiary/aromatic N) is 2. The summed E-state index contributed by atoms with van der Waals surface area (Å²) in [6.07, 6.45) is 6.45. The van der Waals surface area contributed by atoms with Crippen molar-refractivity contribution >= 4 is 52.3 Å². The van der Waals surface area contributed by atoms with Gasteiger partial charge in [0.1, 0.15) is 22.3 Å². The van der Waals surface area contributed by atoms with Crippen LogP contribution in [0.1, 0.15) is 26.0 Å². The van der Waals surface area contributed by atoms with Crippen LogP contribution in [0.4, 0.5) is 0 Å². The quantitative estimate of drug-likeness (QED) is 0.284. The number of benzene rings is 2. The van der Waals surface area contributed by atoms with E-state index in [1.807, 2.05) is 24.3 Å². The number of aliphatic hydroxyl groups is 1. The third-order valence-electron chi connectivity index (χ3n) is 5.34. The van der Waals surface area contributed by atoms with Crippen LogP contribution in [0.5, 0.6) is 0 Å². The summed E-state index contributed by atoms with van der Waals surface area (Å²) in [5.41, 5.74) is 2.91. The lowest BCUT2D eigenvalue weighted by molar-refractivity contribution is 0.0744. The lowest BCUT2D eigenvalue weighted by atomic mass is 10.0. The van der Waals surface area contributed by atoms with Gasteiger partial charge in [0, 0.05) is 10.5 Å². The smallest absolute Gasteiger partial charge is 0.145 e. The van der Waals surface area contributed by atoms with Crippen molar-refractivity contribution in [3.63, 3.8) is 0 Å². The fourth-order valence-corrected chi connectivity index (χ4v) is 5.29. The molecule has 1 aliphatic carbocycles. The Bertz CT molecular complexity index is 1210. The molecule has 0 spiro atoms. The Labute approximate surface area is 207 Å². The number of halogens is 3. The number of rotatable bonds is 5. The topological polar surface area (TPSA) is 38.1 Å². The van der Waals surface area contributed by atoms with Crippen molar-refractivity contribution in [1.29, 1.82) is 0 Å². The van der Waals surface area contributed by atoms with Crippen LogP contribution in [0.3, 0.4) is 0 Å². The van der Waals surface area contributed by atoms with Crippen LogP contribution in [-0.4, -0.2) is 26.3 Å². The molecule has 0 saturated heterocycles. The Hall–Kier alpha value is -1.69. The van der Waals surface area contributed by atoms with E-state index in [1.54, 1.807) is 30.2 Å². The first-order valence-electron chi connectivity index (χ1n) is 10.2. The molecule has 0 fully saturated rings. The maximum atomic E-state index is 10.7. The predicted molar refractivity (Wildman–Crippen MR) is 138 cm³/mol. The van der Waals surface area contributed by atoms with Gasteiger partial charge < -0.3 is 5.11 Å². The molecule has 0 amide bonds. The highest BCUT2D eigenvalue weighted by molar-refractivity contribution is 7.98. The minimum Gasteiger partial charge on any atom is -0.384 e. The molecule has 0 radical (unpaired) electrons. The van der Waals surface area contributed by atoms with Gasteiger partial charge in [0.05, 0.1) is 16.1 Å². The summed E-state index contributed by atoms with van der Waals surface area (Å²) in [5.74, 6) is 0.589. The van der Waals surface area contributed by atoms with E-state index in [2.05, 4.69) is 42.7 Å². The van der Waals surface area contributed by atoms with Crippen LogP contribution in [0.25, 0.3) is 28.2 Å². The monoisotopic (exact) mass is 504 g/mol. The third kappa shape index (κ3) is 4.52. The number of allylic oxidation sites excluding steroid dienone is 4. The van der Waals surface area contributed by atoms with Gasteiger partial charge in [0.15, 0.2) is 0 Å². The lowest BCUT2D eigenvalue weighted by Gasteiger charge is -2.22. The minimum absolute atomic E-state index is 0.304. The third-order valence-corrected chi connectivity index (χ3v) is 7.11. The molecule has 1 N–H and O–H groups in total. The van der Waals surface area contributed by atoms with Crippen LogP contribution in [0.2, 0.25) is 5.15 Å². The van der Waals surface area contributed by atoms with Crippen LogP contribution < -0.4 is 0 Å². The second kappa shape index (κ2) is 9.28. The van der Waals surface area contributed by atoms with E-state index in [-0.39, 0.29) is 5.38 Å². The van der Waals surface area contributed by atoms with Crippen molar-refractivity contribution in [3.8, 4) is 22.5 Å². The van der Waals surface area contributed by atoms with Crippen LogP contribution in [-0.2, 0) is 5.60 Å². The van der Waals surface area contributed by atoms with E-state index in [0.29, 0.717) is 33.8 Å². The van der Waals surface area contributed by atoms with Crippen molar-refractivity contribution in [2.24, 2.45) is 0 Å². The minimum atomic E-state index is -1.23. The molecule has 0 aliphatic heterocycles. The molecule has 3 nitrogen and oxygen atoms in total. The van der Waals surface area contributed by atoms with E-state index in [4.69, 9.17) is 39.8 Å². The molecule has 4 rings (SSSR count). The highest BCUT2D eigenvalue weighted by Crippen LogP contribution is 2.40. The van der Waals surface area contributed by atoms with Gasteiger partial charge in [-0.3, -0.25) is 4.57 Å². The first kappa shape index (κ1) is 23.5. The van der Waals surface area contributed by atoms with E-state index < -0.39 is 5.60 Å². The molecule has 166 valence electrons. The van der Waals surface area contributed by atoms with Gasteiger partial charge in [-0.2, -0.15) is 0 Å². The number of alkyl halides is 1. The lowest BCUT2D eigenvalue weighted by Crippen LogP contribution is -2.17. The Morgan fingerprint density at radius 1 is 1.06 bits per heavy atom. The Morgan fingerprint density at radius 3 is 2.38 bits per heavy atom. The van der Waals surface area contributed by atoms with E-state index in [9.17, 15) is 5.11 Å². The molecular formula is C25H23Cl3N2OS. The average Bonchev–Trinajstić information content (AvgIpc) is 3.11. The average molecular weight is 506 g/mol. The molecule has 1 aromatic heterocycles. The summed E-state index contributed by atoms with van der Waals surface area (Å²) < 4.78 is 1.77. The van der Waals surface area contributed by atoms with Gasteiger partial charge in [-0.1, -0.05) is 65.7 Å². The zero-order valence-electron chi connectivity index (χ0n) is 17.9. The standard InChI is InChI=1S/C25H23Cl3N2OS/c1-25(2,31)22-23(28)30(21-19(26)8-5-9-20(21)27)24(29-22)16-12-10-15(11-13-16)17-6-4-7-18(14-17)32-3/h4-8,10-14,20,31H,9H2,1-3H3/t20-/m0/s1. The fourth-order valence-electron chi connectivity index (χ4n) is 3.70. The summed E-state index contributed by atoms with van der Waals surface area (Å²) >= 11 is 21.6. The number of imidazole rings is 1. The Kier molecular flexibility index (Phi) is 6.81. The van der Waals surface area contributed by atoms with Gasteiger partial charge >= 0.3 is 0 Å². The highest BCUT2D eigenvalue weighted by atomic mass is 35.5. The van der Waals surface area contributed by atoms with Crippen molar-refractivity contribution in [1.82, 2.24) is 9.55 Å². The number of aromatic nitrogens is 2. The number of thioether (sulfide) groups is 1. The van der Waals surface area contributed by atoms with Crippen molar-refractivity contribution in [3.05, 3.63) is 76.6 Å². The van der Waals surface area contributed by atoms with E-state index in [0.717, 1.165) is 16.7 Å². The second-order valence-corrected chi connectivity index (χ2v) is 10.3. The maximum absolute atomic E-state index is 10.7. The van der Waals surface area contributed by atoms with Gasteiger partial charge in [-0.05, 0) is 55.9 Å². The zero-order valence-corrected chi connectivity index (χ0v) is 21.0. The summed E-state index contributed by atoms with van der Waals surface area (Å²) in [7, 11) is 0. The second-order valence-electron chi connectivity index (χ2n) is 8.12. The first-order valence-corrected chi connectivity index (χ1v) is 12.6. The Morgan fingerprint density at radius 2 is 1.75 bits per heavy atom. The van der Waals surface area contributed by atoms with Crippen molar-refractivity contribution < 1.29 is 5.11 Å². The van der Waals surface area contributed by atoms with Crippen LogP contribution >= 0.6 is 46.6 Å². The van der Waals surface area contributed by atoms with E-state index >= 15 is 0 Å². The predicted octanol–water partition coefficient (Wildman–Crippen LogP) is 7.79. The molecule has 3 aromatic rings. The first-order chi connectivity index (χ1) is 15.2. The van der Waals surface area contributed by atoms with Gasteiger partial charge in [-0.25, -0.2) is 4.98 Å². The van der Waals surface area contributed by atoms with Gasteiger partial charge in [0.25, 0.3) is 0 Å². The van der Waals surface area contributed by atoms with Gasteiger partial charge in [0.2, 0.25) is 0 Å². The normalized spacial score (nSPS) is 16.7. The molecular weight excluding hydrogens is 483 g/mol. The molecule has 7 heteroatoms. The largest absolute Gasteiger partial charge is 0.384 e. The highest BCUT2D eigenvalue weighted by Gasteiger charge is 2.32. The maximum Gasteiger partial charge on any atom is 0.145 e. The summed E-state index contributed by atoms with van der Waals surface area (Å²) in [5, 5.41) is 11.1. The SMILES string of the molecule is CSc1cccc(-c2ccc(-c3nc(C(C)(C)O)c(Cl)n3C3=C(Cl)C=CC[C@@H]3Cl)cc2)c1. The molecule has 0 unspecified atom stereocenters. The van der Waals surface area contributed by atoms with Crippen molar-refractivity contribution in [2.75, 3.05) is 6.26 Å². The van der Waals surface area contributed by atoms with E-state index in [1.165, 1.54) is 4.90 Å². The molecule has 0 saturated carbocycles. The molecule has 1 heterocycles. The van der Waals surface area contributed by atoms with Crippen LogP contribution in [0, 0.1) is 0 Å². The summed E-state index contributed by atoms with van der Waals surface area (Å²) in [4.78, 5) is 5.94. The van der Waals surface area contributed by atoms with Gasteiger partial charge in [-0.15, -0.1) is 23.4 Å². The number of hydrogen-bond acceptors (Lipinski definition) is 3. The zero-order chi connectivity index (χ0) is 23.0. The molecule has 1 atom stereocenters. The molecule has 32 heavy (non-hydrogen) atoms. The molecule has 1 aliphatic rings. The Balaban J connectivity index is 1.85. The number of hydrogen-bond donors (Lipinski definition) is 1. The van der Waals surface area contributed by atoms with Crippen LogP contribution in [0.15, 0.2) is 70.6 Å². The molecule has 2 aromatic carbocycles. The summed E-state index contributed by atoms with van der Waals surface area (Å²) in [6, 6.07) is 16.5. The van der Waals surface area contributed by atoms with Crippen molar-refractivity contribution in [2.45, 2.75) is 36.1 Å². The molecule has 0 bridgehead atoms. The summed E-state index contributed by atoms with van der Waals surface area (Å²) in [6.45, 7) is 3.32. The fraction of sp³-hybridized carbons (Fsp3) is 0.240.